The number of aryl methyl sites for hydroxylation is 1. The molecule has 164 valence electrons. The van der Waals surface area contributed by atoms with Crippen molar-refractivity contribution in [1.82, 2.24) is 0 Å². The summed E-state index contributed by atoms with van der Waals surface area (Å²) in [5.41, 5.74) is 3.95. The van der Waals surface area contributed by atoms with Gasteiger partial charge in [-0.1, -0.05) is 44.7 Å². The van der Waals surface area contributed by atoms with E-state index in [0.29, 0.717) is 12.3 Å². The zero-order valence-corrected chi connectivity index (χ0v) is 18.6. The highest BCUT2D eigenvalue weighted by Gasteiger charge is 2.26. The number of hydrogen-bond donors (Lipinski definition) is 0. The molecule has 1 unspecified atom stereocenters. The number of fused-ring (bicyclic) bond motifs is 1. The second kappa shape index (κ2) is 9.94. The summed E-state index contributed by atoms with van der Waals surface area (Å²) in [5.74, 6) is 0.837. The summed E-state index contributed by atoms with van der Waals surface area (Å²) in [6, 6.07) is 10.9. The third kappa shape index (κ3) is 5.00. The summed E-state index contributed by atoms with van der Waals surface area (Å²) < 4.78 is 29.2. The SMILES string of the molecule is CCCCCC1CCC(c2ccc(C3CCc4cc(C#N)c(F)cc4C3)c(F)c2)CC1. The molecule has 0 aliphatic heterocycles. The lowest BCUT2D eigenvalue weighted by Gasteiger charge is -2.30. The van der Waals surface area contributed by atoms with E-state index in [-0.39, 0.29) is 17.3 Å². The molecule has 1 saturated carbocycles. The van der Waals surface area contributed by atoms with Gasteiger partial charge in [-0.3, -0.25) is 0 Å². The molecule has 2 aromatic rings. The minimum Gasteiger partial charge on any atom is -0.207 e. The third-order valence-electron chi connectivity index (χ3n) is 7.64. The van der Waals surface area contributed by atoms with Crippen molar-refractivity contribution in [2.75, 3.05) is 0 Å². The first kappa shape index (κ1) is 22.0. The zero-order valence-electron chi connectivity index (χ0n) is 18.6. The fraction of sp³-hybridized carbons (Fsp3) is 0.536. The molecule has 1 fully saturated rings. The smallest absolute Gasteiger partial charge is 0.141 e. The molecule has 0 saturated heterocycles. The van der Waals surface area contributed by atoms with Gasteiger partial charge in [-0.15, -0.1) is 0 Å². The van der Waals surface area contributed by atoms with Gasteiger partial charge in [0, 0.05) is 0 Å². The lowest BCUT2D eigenvalue weighted by atomic mass is 9.76. The Morgan fingerprint density at radius 1 is 0.903 bits per heavy atom. The van der Waals surface area contributed by atoms with Crippen molar-refractivity contribution in [3.63, 3.8) is 0 Å². The first-order valence-electron chi connectivity index (χ1n) is 12.1. The predicted octanol–water partition coefficient (Wildman–Crippen LogP) is 7.96. The molecule has 4 rings (SSSR count). The molecule has 0 bridgehead atoms. The average molecular weight is 422 g/mol. The van der Waals surface area contributed by atoms with Crippen molar-refractivity contribution < 1.29 is 8.78 Å². The van der Waals surface area contributed by atoms with Gasteiger partial charge in [0.05, 0.1) is 5.56 Å². The maximum absolute atomic E-state index is 15.1. The van der Waals surface area contributed by atoms with Gasteiger partial charge < -0.3 is 0 Å². The van der Waals surface area contributed by atoms with Crippen molar-refractivity contribution in [2.24, 2.45) is 5.92 Å². The predicted molar refractivity (Wildman–Crippen MR) is 121 cm³/mol. The van der Waals surface area contributed by atoms with Crippen LogP contribution in [0.25, 0.3) is 0 Å². The Bertz CT molecular complexity index is 950. The summed E-state index contributed by atoms with van der Waals surface area (Å²) in [4.78, 5) is 0. The average Bonchev–Trinajstić information content (AvgIpc) is 2.79. The summed E-state index contributed by atoms with van der Waals surface area (Å²) in [6.45, 7) is 2.25. The highest BCUT2D eigenvalue weighted by molar-refractivity contribution is 5.42. The van der Waals surface area contributed by atoms with Crippen LogP contribution in [0.2, 0.25) is 0 Å². The number of halogens is 2. The van der Waals surface area contributed by atoms with Crippen LogP contribution in [0.3, 0.4) is 0 Å². The number of benzene rings is 2. The van der Waals surface area contributed by atoms with Crippen molar-refractivity contribution in [2.45, 2.75) is 89.4 Å². The van der Waals surface area contributed by atoms with E-state index >= 15 is 4.39 Å². The fourth-order valence-corrected chi connectivity index (χ4v) is 5.73. The Kier molecular flexibility index (Phi) is 7.06. The van der Waals surface area contributed by atoms with Crippen LogP contribution < -0.4 is 0 Å². The van der Waals surface area contributed by atoms with Crippen LogP contribution in [0.1, 0.15) is 104 Å². The van der Waals surface area contributed by atoms with Gasteiger partial charge in [-0.05, 0) is 103 Å². The van der Waals surface area contributed by atoms with Gasteiger partial charge in [0.15, 0.2) is 0 Å². The number of unbranched alkanes of at least 4 members (excludes halogenated alkanes) is 2. The first-order chi connectivity index (χ1) is 15.1. The lowest BCUT2D eigenvalue weighted by molar-refractivity contribution is 0.302. The van der Waals surface area contributed by atoms with Gasteiger partial charge in [-0.2, -0.15) is 5.26 Å². The topological polar surface area (TPSA) is 23.8 Å². The normalized spacial score (nSPS) is 23.2. The number of nitrogens with zero attached hydrogens (tertiary/aromatic N) is 1. The molecule has 31 heavy (non-hydrogen) atoms. The van der Waals surface area contributed by atoms with Crippen LogP contribution in [-0.4, -0.2) is 0 Å². The molecule has 0 heterocycles. The minimum absolute atomic E-state index is 0.0724. The van der Waals surface area contributed by atoms with E-state index in [1.54, 1.807) is 12.1 Å². The highest BCUT2D eigenvalue weighted by Crippen LogP contribution is 2.40. The van der Waals surface area contributed by atoms with Crippen LogP contribution in [0, 0.1) is 28.9 Å². The van der Waals surface area contributed by atoms with Crippen LogP contribution in [0.15, 0.2) is 30.3 Å². The maximum atomic E-state index is 15.1. The molecular weight excluding hydrogens is 388 g/mol. The Morgan fingerprint density at radius 3 is 2.42 bits per heavy atom. The second-order valence-electron chi connectivity index (χ2n) is 9.65. The Balaban J connectivity index is 1.41. The summed E-state index contributed by atoms with van der Waals surface area (Å²) in [7, 11) is 0. The number of hydrogen-bond acceptors (Lipinski definition) is 1. The van der Waals surface area contributed by atoms with E-state index in [2.05, 4.69) is 13.0 Å². The number of nitriles is 1. The molecule has 0 spiro atoms. The Morgan fingerprint density at radius 2 is 1.71 bits per heavy atom. The van der Waals surface area contributed by atoms with Crippen molar-refractivity contribution in [3.8, 4) is 6.07 Å². The molecule has 0 N–H and O–H groups in total. The number of rotatable bonds is 6. The van der Waals surface area contributed by atoms with E-state index in [4.69, 9.17) is 5.26 Å². The molecular formula is C28H33F2N. The van der Waals surface area contributed by atoms with Crippen molar-refractivity contribution in [1.29, 1.82) is 5.26 Å². The summed E-state index contributed by atoms with van der Waals surface area (Å²) in [6.07, 6.45) is 12.4. The van der Waals surface area contributed by atoms with Gasteiger partial charge in [0.2, 0.25) is 0 Å². The van der Waals surface area contributed by atoms with E-state index in [1.807, 2.05) is 12.1 Å². The molecule has 3 heteroatoms. The first-order valence-corrected chi connectivity index (χ1v) is 12.1. The van der Waals surface area contributed by atoms with Crippen molar-refractivity contribution >= 4 is 0 Å². The van der Waals surface area contributed by atoms with Gasteiger partial charge in [0.25, 0.3) is 0 Å². The largest absolute Gasteiger partial charge is 0.207 e. The quantitative estimate of drug-likeness (QED) is 0.434. The minimum atomic E-state index is -0.469. The van der Waals surface area contributed by atoms with Crippen molar-refractivity contribution in [3.05, 3.63) is 69.8 Å². The summed E-state index contributed by atoms with van der Waals surface area (Å²) >= 11 is 0. The molecule has 1 nitrogen and oxygen atoms in total. The van der Waals surface area contributed by atoms with E-state index in [0.717, 1.165) is 41.0 Å². The van der Waals surface area contributed by atoms with Crippen LogP contribution in [0.4, 0.5) is 8.78 Å². The molecule has 2 aliphatic carbocycles. The van der Waals surface area contributed by atoms with Gasteiger partial charge in [0.1, 0.15) is 17.7 Å². The standard InChI is InChI=1S/C28H33F2N/c1-2-3-4-5-19-6-8-20(9-7-19)22-12-13-26(28(30)16-22)23-11-10-21-14-25(18-31)27(29)17-24(21)15-23/h12-14,16-17,19-20,23H,2-11,15H2,1H3. The molecule has 1 atom stereocenters. The summed E-state index contributed by atoms with van der Waals surface area (Å²) in [5, 5.41) is 9.04. The Hall–Kier alpha value is -2.21. The van der Waals surface area contributed by atoms with Crippen LogP contribution in [-0.2, 0) is 12.8 Å². The zero-order chi connectivity index (χ0) is 21.8. The van der Waals surface area contributed by atoms with Gasteiger partial charge >= 0.3 is 0 Å². The van der Waals surface area contributed by atoms with Gasteiger partial charge in [-0.25, -0.2) is 8.78 Å². The molecule has 2 aliphatic rings. The maximum Gasteiger partial charge on any atom is 0.141 e. The lowest BCUT2D eigenvalue weighted by Crippen LogP contribution is -2.16. The molecule has 0 amide bonds. The molecule has 0 radical (unpaired) electrons. The van der Waals surface area contributed by atoms with Crippen LogP contribution >= 0.6 is 0 Å². The monoisotopic (exact) mass is 421 g/mol. The Labute approximate surface area is 185 Å². The van der Waals surface area contributed by atoms with E-state index in [1.165, 1.54) is 57.4 Å². The third-order valence-corrected chi connectivity index (χ3v) is 7.64. The van der Waals surface area contributed by atoms with Crippen LogP contribution in [0.5, 0.6) is 0 Å². The second-order valence-corrected chi connectivity index (χ2v) is 9.65. The van der Waals surface area contributed by atoms with E-state index < -0.39 is 5.82 Å². The molecule has 0 aromatic heterocycles. The van der Waals surface area contributed by atoms with E-state index in [9.17, 15) is 4.39 Å². The molecule has 2 aromatic carbocycles. The highest BCUT2D eigenvalue weighted by atomic mass is 19.1. The fourth-order valence-electron chi connectivity index (χ4n) is 5.73.